The molecular formula is C11H12N4O. The average molecular weight is 216 g/mol. The molecule has 0 aliphatic heterocycles. The maximum atomic E-state index is 11.8. The molecule has 0 atom stereocenters. The highest BCUT2D eigenvalue weighted by Gasteiger charge is 2.10. The van der Waals surface area contributed by atoms with Gasteiger partial charge in [-0.25, -0.2) is 5.43 Å². The summed E-state index contributed by atoms with van der Waals surface area (Å²) in [5, 5.41) is 1.41. The van der Waals surface area contributed by atoms with Crippen LogP contribution in [0.4, 0.5) is 0 Å². The van der Waals surface area contributed by atoms with Gasteiger partial charge in [-0.15, -0.1) is 0 Å². The van der Waals surface area contributed by atoms with Gasteiger partial charge in [0.05, 0.1) is 11.0 Å². The molecular weight excluding hydrogens is 204 g/mol. The van der Waals surface area contributed by atoms with Gasteiger partial charge in [0.25, 0.3) is 5.91 Å². The summed E-state index contributed by atoms with van der Waals surface area (Å²) in [6, 6.07) is 5.27. The summed E-state index contributed by atoms with van der Waals surface area (Å²) < 4.78 is 0. The zero-order valence-electron chi connectivity index (χ0n) is 9.14. The van der Waals surface area contributed by atoms with E-state index in [1.54, 1.807) is 44.7 Å². The van der Waals surface area contributed by atoms with Gasteiger partial charge in [0.15, 0.2) is 0 Å². The highest BCUT2D eigenvalue weighted by molar-refractivity contribution is 5.96. The number of carbonyl (C=O) groups excluding carboxylic acids is 1. The number of amides is 1. The Hall–Kier alpha value is -2.01. The van der Waals surface area contributed by atoms with Crippen LogP contribution < -0.4 is 5.43 Å². The molecule has 0 radical (unpaired) electrons. The van der Waals surface area contributed by atoms with Crippen molar-refractivity contribution in [2.45, 2.75) is 0 Å². The van der Waals surface area contributed by atoms with Crippen molar-refractivity contribution in [3.8, 4) is 0 Å². The van der Waals surface area contributed by atoms with E-state index >= 15 is 0 Å². The van der Waals surface area contributed by atoms with Crippen LogP contribution in [0.15, 0.2) is 30.6 Å². The predicted octanol–water partition coefficient (Wildman–Crippen LogP) is 0.836. The van der Waals surface area contributed by atoms with Gasteiger partial charge in [0.1, 0.15) is 0 Å². The summed E-state index contributed by atoms with van der Waals surface area (Å²) in [6.07, 6.45) is 3.24. The largest absolute Gasteiger partial charge is 0.277 e. The first-order valence-corrected chi connectivity index (χ1v) is 4.88. The standard InChI is InChI=1S/C11H12N4O/c1-12-15(2)11(16)8-3-4-9-10(7-8)14-6-5-13-9/h3-7,12H,1-2H3. The molecule has 16 heavy (non-hydrogen) atoms. The Morgan fingerprint density at radius 2 is 1.94 bits per heavy atom. The maximum absolute atomic E-state index is 11.8. The number of fused-ring (bicyclic) bond motifs is 1. The van der Waals surface area contributed by atoms with Crippen LogP contribution in [0, 0.1) is 0 Å². The van der Waals surface area contributed by atoms with Crippen molar-refractivity contribution in [1.29, 1.82) is 0 Å². The second-order valence-corrected chi connectivity index (χ2v) is 3.35. The number of carbonyl (C=O) groups is 1. The number of hydrazine groups is 1. The first kappa shape index (κ1) is 10.5. The Morgan fingerprint density at radius 1 is 1.25 bits per heavy atom. The van der Waals surface area contributed by atoms with Gasteiger partial charge in [-0.3, -0.25) is 19.8 Å². The van der Waals surface area contributed by atoms with E-state index in [9.17, 15) is 4.79 Å². The molecule has 0 saturated heterocycles. The number of nitrogens with one attached hydrogen (secondary N) is 1. The van der Waals surface area contributed by atoms with Gasteiger partial charge in [-0.05, 0) is 18.2 Å². The van der Waals surface area contributed by atoms with E-state index in [0.29, 0.717) is 5.56 Å². The van der Waals surface area contributed by atoms with Crippen molar-refractivity contribution in [3.05, 3.63) is 36.2 Å². The quantitative estimate of drug-likeness (QED) is 0.756. The topological polar surface area (TPSA) is 58.1 Å². The molecule has 2 aromatic rings. The lowest BCUT2D eigenvalue weighted by atomic mass is 10.2. The van der Waals surface area contributed by atoms with E-state index in [4.69, 9.17) is 0 Å². The Balaban J connectivity index is 2.43. The normalized spacial score (nSPS) is 10.4. The molecule has 0 unspecified atom stereocenters. The third-order valence-electron chi connectivity index (χ3n) is 2.36. The van der Waals surface area contributed by atoms with Crippen LogP contribution in [0.2, 0.25) is 0 Å². The molecule has 1 amide bonds. The molecule has 5 heteroatoms. The number of nitrogens with zero attached hydrogens (tertiary/aromatic N) is 3. The highest BCUT2D eigenvalue weighted by Crippen LogP contribution is 2.11. The SMILES string of the molecule is CNN(C)C(=O)c1ccc2nccnc2c1. The summed E-state index contributed by atoms with van der Waals surface area (Å²) in [7, 11) is 3.36. The van der Waals surface area contributed by atoms with Crippen LogP contribution in [0.25, 0.3) is 11.0 Å². The minimum Gasteiger partial charge on any atom is -0.277 e. The van der Waals surface area contributed by atoms with Gasteiger partial charge >= 0.3 is 0 Å². The van der Waals surface area contributed by atoms with Crippen LogP contribution in [0.1, 0.15) is 10.4 Å². The van der Waals surface area contributed by atoms with Crippen LogP contribution in [0.3, 0.4) is 0 Å². The number of benzene rings is 1. The molecule has 0 fully saturated rings. The van der Waals surface area contributed by atoms with E-state index in [0.717, 1.165) is 11.0 Å². The zero-order valence-corrected chi connectivity index (χ0v) is 9.14. The fourth-order valence-corrected chi connectivity index (χ4v) is 1.39. The smallest absolute Gasteiger partial charge is 0.267 e. The zero-order chi connectivity index (χ0) is 11.5. The van der Waals surface area contributed by atoms with E-state index < -0.39 is 0 Å². The second-order valence-electron chi connectivity index (χ2n) is 3.35. The molecule has 0 spiro atoms. The van der Waals surface area contributed by atoms with Crippen molar-refractivity contribution in [2.24, 2.45) is 0 Å². The van der Waals surface area contributed by atoms with Gasteiger partial charge in [0, 0.05) is 32.1 Å². The highest BCUT2D eigenvalue weighted by atomic mass is 16.2. The van der Waals surface area contributed by atoms with Crippen molar-refractivity contribution in [3.63, 3.8) is 0 Å². The van der Waals surface area contributed by atoms with Crippen molar-refractivity contribution >= 4 is 16.9 Å². The fourth-order valence-electron chi connectivity index (χ4n) is 1.39. The number of aromatic nitrogens is 2. The van der Waals surface area contributed by atoms with Crippen molar-refractivity contribution in [1.82, 2.24) is 20.4 Å². The van der Waals surface area contributed by atoms with Crippen LogP contribution in [-0.2, 0) is 0 Å². The predicted molar refractivity (Wildman–Crippen MR) is 60.7 cm³/mol. The Labute approximate surface area is 93.1 Å². The lowest BCUT2D eigenvalue weighted by Gasteiger charge is -2.15. The summed E-state index contributed by atoms with van der Waals surface area (Å²) in [5.41, 5.74) is 4.85. The molecule has 5 nitrogen and oxygen atoms in total. The first-order chi connectivity index (χ1) is 7.72. The lowest BCUT2D eigenvalue weighted by Crippen LogP contribution is -2.36. The minimum absolute atomic E-state index is 0.102. The van der Waals surface area contributed by atoms with Crippen molar-refractivity contribution < 1.29 is 4.79 Å². The number of rotatable bonds is 2. The first-order valence-electron chi connectivity index (χ1n) is 4.88. The molecule has 1 aromatic heterocycles. The van der Waals surface area contributed by atoms with Gasteiger partial charge < -0.3 is 0 Å². The van der Waals surface area contributed by atoms with E-state index in [2.05, 4.69) is 15.4 Å². The van der Waals surface area contributed by atoms with Crippen LogP contribution in [-0.4, -0.2) is 35.0 Å². The van der Waals surface area contributed by atoms with Crippen LogP contribution in [0.5, 0.6) is 0 Å². The summed E-state index contributed by atoms with van der Waals surface area (Å²) in [6.45, 7) is 0. The molecule has 0 saturated carbocycles. The van der Waals surface area contributed by atoms with Gasteiger partial charge in [-0.2, -0.15) is 0 Å². The second kappa shape index (κ2) is 4.24. The summed E-state index contributed by atoms with van der Waals surface area (Å²) in [5.74, 6) is -0.102. The Bertz CT molecular complexity index is 526. The molecule has 2 rings (SSSR count). The van der Waals surface area contributed by atoms with Crippen LogP contribution >= 0.6 is 0 Å². The fraction of sp³-hybridized carbons (Fsp3) is 0.182. The van der Waals surface area contributed by atoms with E-state index in [1.807, 2.05) is 0 Å². The summed E-state index contributed by atoms with van der Waals surface area (Å²) in [4.78, 5) is 20.1. The van der Waals surface area contributed by atoms with Gasteiger partial charge in [0.2, 0.25) is 0 Å². The number of hydrogen-bond donors (Lipinski definition) is 1. The molecule has 1 heterocycles. The Morgan fingerprint density at radius 3 is 2.62 bits per heavy atom. The Kier molecular flexibility index (Phi) is 2.78. The maximum Gasteiger partial charge on any atom is 0.267 e. The molecule has 1 aromatic carbocycles. The minimum atomic E-state index is -0.102. The third-order valence-corrected chi connectivity index (χ3v) is 2.36. The molecule has 1 N–H and O–H groups in total. The summed E-state index contributed by atoms with van der Waals surface area (Å²) >= 11 is 0. The molecule has 0 aliphatic rings. The lowest BCUT2D eigenvalue weighted by molar-refractivity contribution is 0.0735. The molecule has 0 aliphatic carbocycles. The molecule has 0 bridgehead atoms. The molecule has 82 valence electrons. The van der Waals surface area contributed by atoms with Gasteiger partial charge in [-0.1, -0.05) is 0 Å². The van der Waals surface area contributed by atoms with Crippen molar-refractivity contribution in [2.75, 3.05) is 14.1 Å². The van der Waals surface area contributed by atoms with E-state index in [-0.39, 0.29) is 5.91 Å². The average Bonchev–Trinajstić information content (AvgIpc) is 2.36. The monoisotopic (exact) mass is 216 g/mol. The van der Waals surface area contributed by atoms with E-state index in [1.165, 1.54) is 5.01 Å². The third kappa shape index (κ3) is 1.85. The number of hydrogen-bond acceptors (Lipinski definition) is 4.